The first-order valence-electron chi connectivity index (χ1n) is 9.17. The van der Waals surface area contributed by atoms with Crippen LogP contribution >= 0.6 is 0 Å². The van der Waals surface area contributed by atoms with Crippen molar-refractivity contribution >= 4 is 0 Å². The molecule has 2 aromatic carbocycles. The molecule has 0 amide bonds. The van der Waals surface area contributed by atoms with Crippen LogP contribution in [0.5, 0.6) is 11.5 Å². The number of hydrogen-bond donors (Lipinski definition) is 0. The van der Waals surface area contributed by atoms with Crippen LogP contribution < -0.4 is 5.63 Å². The van der Waals surface area contributed by atoms with Crippen molar-refractivity contribution < 1.29 is 53.1 Å². The molecule has 0 aromatic heterocycles. The van der Waals surface area contributed by atoms with Crippen LogP contribution in [-0.2, 0) is 21.1 Å². The first-order chi connectivity index (χ1) is 14.8. The van der Waals surface area contributed by atoms with Gasteiger partial charge in [-0.25, -0.2) is 0 Å². The van der Waals surface area contributed by atoms with Crippen molar-refractivity contribution in [3.63, 3.8) is 0 Å². The fraction of sp³-hybridized carbons (Fsp3) is 0.0909. The third-order valence-corrected chi connectivity index (χ3v) is 14.1. The van der Waals surface area contributed by atoms with Gasteiger partial charge in [0.25, 0.3) is 0 Å². The third kappa shape index (κ3) is 4.16. The van der Waals surface area contributed by atoms with E-state index in [0.717, 1.165) is 0 Å². The van der Waals surface area contributed by atoms with Crippen LogP contribution in [0.3, 0.4) is 0 Å². The number of benzene rings is 2. The SMILES string of the molecule is Fc1cc([O][Zr]([O]c2cc(F)c(F)c(F)c2)([CH]2C=CC=C2)[CH]2C=CC=C2)cc(F)c1F. The first kappa shape index (κ1) is 21.7. The van der Waals surface area contributed by atoms with E-state index in [1.54, 1.807) is 48.6 Å². The van der Waals surface area contributed by atoms with Gasteiger partial charge in [-0.15, -0.1) is 0 Å². The van der Waals surface area contributed by atoms with Crippen molar-refractivity contribution in [2.24, 2.45) is 0 Å². The average Bonchev–Trinajstić information content (AvgIpc) is 3.44. The zero-order valence-corrected chi connectivity index (χ0v) is 18.1. The maximum absolute atomic E-state index is 13.8. The van der Waals surface area contributed by atoms with Gasteiger partial charge >= 0.3 is 180 Å². The van der Waals surface area contributed by atoms with Crippen LogP contribution in [0, 0.1) is 34.9 Å². The molecule has 2 aliphatic rings. The second-order valence-electron chi connectivity index (χ2n) is 6.92. The molecule has 2 nitrogen and oxygen atoms in total. The Bertz CT molecular complexity index is 981. The van der Waals surface area contributed by atoms with Crippen molar-refractivity contribution in [3.05, 3.63) is 108 Å². The van der Waals surface area contributed by atoms with Crippen molar-refractivity contribution in [2.45, 2.75) is 7.25 Å². The van der Waals surface area contributed by atoms with Crippen LogP contribution in [0.25, 0.3) is 0 Å². The standard InChI is InChI=1S/2C6H3F3O.2C5H5.Zr/c2*7-4-1-3(10)2-5(8)6(4)9;2*1-2-4-5-3-1;/h2*1-2,10H;2*1-5H;/q;;;;+2/p-2. The van der Waals surface area contributed by atoms with E-state index >= 15 is 0 Å². The second-order valence-corrected chi connectivity index (χ2v) is 14.7. The molecular weight excluding hydrogens is 501 g/mol. The van der Waals surface area contributed by atoms with E-state index in [9.17, 15) is 26.3 Å². The summed E-state index contributed by atoms with van der Waals surface area (Å²) < 4.78 is 93.4. The summed E-state index contributed by atoms with van der Waals surface area (Å²) in [6.45, 7) is 0. The average molecular weight is 516 g/mol. The van der Waals surface area contributed by atoms with Crippen LogP contribution in [-0.4, -0.2) is 0 Å². The normalized spacial score (nSPS) is 15.9. The summed E-state index contributed by atoms with van der Waals surface area (Å²) in [6, 6.07) is 2.74. The van der Waals surface area contributed by atoms with Crippen molar-refractivity contribution in [2.75, 3.05) is 0 Å². The zero-order chi connectivity index (χ0) is 22.2. The van der Waals surface area contributed by atoms with Gasteiger partial charge < -0.3 is 0 Å². The molecule has 0 saturated heterocycles. The molecule has 0 atom stereocenters. The summed E-state index contributed by atoms with van der Waals surface area (Å²) in [4.78, 5) is 0. The Kier molecular flexibility index (Phi) is 5.97. The Labute approximate surface area is 179 Å². The van der Waals surface area contributed by atoms with Crippen molar-refractivity contribution in [3.8, 4) is 11.5 Å². The molecule has 2 aliphatic carbocycles. The number of rotatable bonds is 6. The molecular formula is C22H14F6O2Zr. The number of allylic oxidation sites excluding steroid dienone is 8. The summed E-state index contributed by atoms with van der Waals surface area (Å²) in [5.74, 6) is -9.77. The van der Waals surface area contributed by atoms with E-state index in [0.29, 0.717) is 24.3 Å². The first-order valence-corrected chi connectivity index (χ1v) is 14.0. The maximum atomic E-state index is 13.8. The zero-order valence-electron chi connectivity index (χ0n) is 15.7. The molecule has 4 rings (SSSR count). The van der Waals surface area contributed by atoms with Gasteiger partial charge in [0.1, 0.15) is 0 Å². The molecule has 0 bridgehead atoms. The molecule has 160 valence electrons. The molecule has 0 unspecified atom stereocenters. The molecule has 9 heteroatoms. The molecule has 0 heterocycles. The number of halogens is 6. The van der Waals surface area contributed by atoms with Gasteiger partial charge in [-0.2, -0.15) is 0 Å². The molecule has 0 fully saturated rings. The Morgan fingerprint density at radius 1 is 0.516 bits per heavy atom. The summed E-state index contributed by atoms with van der Waals surface area (Å²) >= 11 is -4.80. The van der Waals surface area contributed by atoms with E-state index in [2.05, 4.69) is 0 Å². The minimum atomic E-state index is -4.80. The van der Waals surface area contributed by atoms with Crippen LogP contribution in [0.15, 0.2) is 72.9 Å². The van der Waals surface area contributed by atoms with E-state index in [-0.39, 0.29) is 11.5 Å². The van der Waals surface area contributed by atoms with Gasteiger partial charge in [-0.3, -0.25) is 0 Å². The Balaban J connectivity index is 1.84. The molecule has 0 spiro atoms. The second kappa shape index (κ2) is 8.54. The van der Waals surface area contributed by atoms with Gasteiger partial charge in [-0.05, 0) is 0 Å². The Hall–Kier alpha value is -2.54. The van der Waals surface area contributed by atoms with Gasteiger partial charge in [-0.1, -0.05) is 0 Å². The van der Waals surface area contributed by atoms with Gasteiger partial charge in [0.15, 0.2) is 0 Å². The number of hydrogen-bond acceptors (Lipinski definition) is 2. The summed E-state index contributed by atoms with van der Waals surface area (Å²) in [5, 5.41) is 0. The van der Waals surface area contributed by atoms with Crippen LogP contribution in [0.4, 0.5) is 26.3 Å². The van der Waals surface area contributed by atoms with E-state index < -0.39 is 63.3 Å². The molecule has 0 radical (unpaired) electrons. The van der Waals surface area contributed by atoms with Crippen molar-refractivity contribution in [1.82, 2.24) is 0 Å². The van der Waals surface area contributed by atoms with E-state index in [4.69, 9.17) is 5.63 Å². The molecule has 0 N–H and O–H groups in total. The van der Waals surface area contributed by atoms with Crippen LogP contribution in [0.2, 0.25) is 7.25 Å². The topological polar surface area (TPSA) is 18.5 Å². The van der Waals surface area contributed by atoms with E-state index in [1.165, 1.54) is 0 Å². The van der Waals surface area contributed by atoms with Crippen molar-refractivity contribution in [1.29, 1.82) is 0 Å². The third-order valence-electron chi connectivity index (χ3n) is 4.89. The predicted octanol–water partition coefficient (Wildman–Crippen LogP) is 6.79. The van der Waals surface area contributed by atoms with Gasteiger partial charge in [0.2, 0.25) is 0 Å². The quantitative estimate of drug-likeness (QED) is 0.312. The molecule has 0 saturated carbocycles. The van der Waals surface area contributed by atoms with Gasteiger partial charge in [0.05, 0.1) is 0 Å². The molecule has 31 heavy (non-hydrogen) atoms. The fourth-order valence-corrected chi connectivity index (χ4v) is 12.1. The Morgan fingerprint density at radius 2 is 0.806 bits per heavy atom. The summed E-state index contributed by atoms with van der Waals surface area (Å²) in [5.41, 5.74) is 0. The van der Waals surface area contributed by atoms with Crippen LogP contribution in [0.1, 0.15) is 0 Å². The fourth-order valence-electron chi connectivity index (χ4n) is 3.47. The monoisotopic (exact) mass is 514 g/mol. The molecule has 2 aromatic rings. The Morgan fingerprint density at radius 3 is 1.10 bits per heavy atom. The predicted molar refractivity (Wildman–Crippen MR) is 97.9 cm³/mol. The van der Waals surface area contributed by atoms with E-state index in [1.807, 2.05) is 0 Å². The molecule has 0 aliphatic heterocycles. The summed E-state index contributed by atoms with van der Waals surface area (Å²) in [7, 11) is 0. The van der Waals surface area contributed by atoms with Gasteiger partial charge in [0, 0.05) is 0 Å². The summed E-state index contributed by atoms with van der Waals surface area (Å²) in [6.07, 6.45) is 13.8. The minimum absolute atomic E-state index is 0.322.